The fraction of sp³-hybridized carbons (Fsp3) is 0.348. The minimum Gasteiger partial charge on any atom is -0.618 e. The lowest BCUT2D eigenvalue weighted by Crippen LogP contribution is -2.33. The van der Waals surface area contributed by atoms with Gasteiger partial charge in [0.05, 0.1) is 12.1 Å². The number of carbonyl (C=O) groups is 1. The van der Waals surface area contributed by atoms with Crippen LogP contribution in [-0.4, -0.2) is 17.1 Å². The molecule has 0 saturated heterocycles. The first-order chi connectivity index (χ1) is 13.8. The summed E-state index contributed by atoms with van der Waals surface area (Å²) >= 11 is 0. The third-order valence-corrected chi connectivity index (χ3v) is 5.56. The molecule has 6 nitrogen and oxygen atoms in total. The van der Waals surface area contributed by atoms with Gasteiger partial charge in [-0.1, -0.05) is 6.07 Å². The molecule has 0 amide bonds. The predicted molar refractivity (Wildman–Crippen MR) is 111 cm³/mol. The third-order valence-electron chi connectivity index (χ3n) is 5.56. The largest absolute Gasteiger partial charge is 0.618 e. The van der Waals surface area contributed by atoms with Crippen LogP contribution in [0.4, 0.5) is 0 Å². The highest BCUT2D eigenvalue weighted by molar-refractivity contribution is 5.96. The molecule has 4 rings (SSSR count). The topological polar surface area (TPSA) is 75.2 Å². The van der Waals surface area contributed by atoms with Crippen molar-refractivity contribution in [1.29, 1.82) is 0 Å². The summed E-state index contributed by atoms with van der Waals surface area (Å²) in [6, 6.07) is 7.68. The van der Waals surface area contributed by atoms with E-state index in [9.17, 15) is 14.8 Å². The molecule has 6 heteroatoms. The first kappa shape index (κ1) is 19.2. The zero-order valence-electron chi connectivity index (χ0n) is 17.1. The Hall–Kier alpha value is -3.15. The molecule has 150 valence electrons. The van der Waals surface area contributed by atoms with Gasteiger partial charge in [0.2, 0.25) is 5.43 Å². The van der Waals surface area contributed by atoms with Gasteiger partial charge >= 0.3 is 5.97 Å². The smallest absolute Gasteiger partial charge is 0.343 e. The molecule has 0 N–H and O–H groups in total. The van der Waals surface area contributed by atoms with Crippen LogP contribution < -0.4 is 10.2 Å². The number of fused-ring (bicyclic) bond motifs is 1. The van der Waals surface area contributed by atoms with Crippen LogP contribution >= 0.6 is 0 Å². The second kappa shape index (κ2) is 7.03. The van der Waals surface area contributed by atoms with Crippen LogP contribution in [0.5, 0.6) is 0 Å². The Morgan fingerprint density at radius 1 is 1.21 bits per heavy atom. The quantitative estimate of drug-likeness (QED) is 0.385. The number of hydrogen-bond acceptors (Lipinski definition) is 4. The fourth-order valence-electron chi connectivity index (χ4n) is 3.97. The number of benzene rings is 1. The number of ether oxygens (including phenoxy) is 1. The molecule has 0 bridgehead atoms. The van der Waals surface area contributed by atoms with E-state index < -0.39 is 5.97 Å². The van der Waals surface area contributed by atoms with Crippen LogP contribution in [0.1, 0.15) is 53.1 Å². The summed E-state index contributed by atoms with van der Waals surface area (Å²) in [5.41, 5.74) is 4.74. The number of nitrogens with zero attached hydrogens (tertiary/aromatic N) is 2. The van der Waals surface area contributed by atoms with Crippen LogP contribution in [0.2, 0.25) is 0 Å². The third kappa shape index (κ3) is 3.18. The number of esters is 1. The average molecular weight is 392 g/mol. The zero-order chi connectivity index (χ0) is 20.9. The van der Waals surface area contributed by atoms with Gasteiger partial charge in [0.1, 0.15) is 5.56 Å². The summed E-state index contributed by atoms with van der Waals surface area (Å²) in [4.78, 5) is 25.4. The Kier molecular flexibility index (Phi) is 4.65. The highest BCUT2D eigenvalue weighted by Gasteiger charge is 2.28. The lowest BCUT2D eigenvalue weighted by Gasteiger charge is -2.17. The molecule has 1 aliphatic carbocycles. The maximum Gasteiger partial charge on any atom is 0.343 e. The molecule has 1 saturated carbocycles. The van der Waals surface area contributed by atoms with Gasteiger partial charge in [-0.3, -0.25) is 4.79 Å². The van der Waals surface area contributed by atoms with E-state index in [1.165, 1.54) is 0 Å². The fourth-order valence-corrected chi connectivity index (χ4v) is 3.97. The summed E-state index contributed by atoms with van der Waals surface area (Å²) in [5, 5.41) is 12.5. The summed E-state index contributed by atoms with van der Waals surface area (Å²) in [6.07, 6.45) is 3.69. The first-order valence-corrected chi connectivity index (χ1v) is 9.90. The molecule has 29 heavy (non-hydrogen) atoms. The molecule has 1 fully saturated rings. The van der Waals surface area contributed by atoms with Gasteiger partial charge in [0.25, 0.3) is 0 Å². The van der Waals surface area contributed by atoms with E-state index in [2.05, 4.69) is 4.57 Å². The summed E-state index contributed by atoms with van der Waals surface area (Å²) in [5.74, 6) is -0.579. The van der Waals surface area contributed by atoms with E-state index in [4.69, 9.17) is 4.74 Å². The minimum atomic E-state index is -0.579. The highest BCUT2D eigenvalue weighted by atomic mass is 16.5. The number of rotatable bonds is 4. The van der Waals surface area contributed by atoms with E-state index in [1.807, 2.05) is 25.1 Å². The second-order valence-electron chi connectivity index (χ2n) is 7.69. The van der Waals surface area contributed by atoms with E-state index >= 15 is 0 Å². The van der Waals surface area contributed by atoms with Crippen LogP contribution in [0.3, 0.4) is 0 Å². The van der Waals surface area contributed by atoms with Crippen LogP contribution in [0.15, 0.2) is 35.3 Å². The zero-order valence-corrected chi connectivity index (χ0v) is 17.1. The SMILES string of the molecule is CCOC(=O)c1cn(C2CC2)c2c(C)c(-c3cc(C)[n+]([O-])c(C)c3)ccc2c1=O. The lowest BCUT2D eigenvalue weighted by molar-refractivity contribution is -0.619. The molecule has 2 heterocycles. The molecule has 0 aliphatic heterocycles. The number of aryl methyl sites for hydroxylation is 3. The molecular weight excluding hydrogens is 368 g/mol. The van der Waals surface area contributed by atoms with Crippen molar-refractivity contribution in [2.75, 3.05) is 6.61 Å². The average Bonchev–Trinajstić information content (AvgIpc) is 3.52. The van der Waals surface area contributed by atoms with Gasteiger partial charge in [-0.15, -0.1) is 0 Å². The molecule has 0 radical (unpaired) electrons. The Morgan fingerprint density at radius 3 is 2.45 bits per heavy atom. The van der Waals surface area contributed by atoms with Crippen LogP contribution in [-0.2, 0) is 4.74 Å². The second-order valence-corrected chi connectivity index (χ2v) is 7.69. The Morgan fingerprint density at radius 2 is 1.86 bits per heavy atom. The predicted octanol–water partition coefficient (Wildman–Crippen LogP) is 3.74. The van der Waals surface area contributed by atoms with Gasteiger partial charge < -0.3 is 14.5 Å². The Bertz CT molecular complexity index is 1180. The summed E-state index contributed by atoms with van der Waals surface area (Å²) < 4.78 is 8.05. The molecule has 0 spiro atoms. The molecule has 1 aromatic carbocycles. The van der Waals surface area contributed by atoms with Crippen molar-refractivity contribution < 1.29 is 14.3 Å². The van der Waals surface area contributed by atoms with Crippen molar-refractivity contribution >= 4 is 16.9 Å². The van der Waals surface area contributed by atoms with Crippen molar-refractivity contribution in [3.63, 3.8) is 0 Å². The van der Waals surface area contributed by atoms with Crippen LogP contribution in [0.25, 0.3) is 22.0 Å². The molecule has 1 aliphatic rings. The maximum atomic E-state index is 13.0. The van der Waals surface area contributed by atoms with Gasteiger partial charge in [0.15, 0.2) is 11.4 Å². The van der Waals surface area contributed by atoms with Gasteiger partial charge in [0, 0.05) is 43.6 Å². The minimum absolute atomic E-state index is 0.0807. The summed E-state index contributed by atoms with van der Waals surface area (Å²) in [6.45, 7) is 7.51. The van der Waals surface area contributed by atoms with Gasteiger partial charge in [-0.05, 0) is 49.4 Å². The van der Waals surface area contributed by atoms with Gasteiger partial charge in [-0.25, -0.2) is 4.79 Å². The molecule has 3 aromatic rings. The number of pyridine rings is 2. The van der Waals surface area contributed by atoms with Crippen molar-refractivity contribution in [3.8, 4) is 11.1 Å². The number of carbonyl (C=O) groups excluding carboxylic acids is 1. The van der Waals surface area contributed by atoms with E-state index in [-0.39, 0.29) is 23.6 Å². The van der Waals surface area contributed by atoms with Gasteiger partial charge in [-0.2, -0.15) is 4.73 Å². The van der Waals surface area contributed by atoms with E-state index in [0.29, 0.717) is 16.8 Å². The number of hydrogen-bond donors (Lipinski definition) is 0. The number of aromatic nitrogens is 2. The summed E-state index contributed by atoms with van der Waals surface area (Å²) in [7, 11) is 0. The lowest BCUT2D eigenvalue weighted by atomic mass is 9.96. The van der Waals surface area contributed by atoms with Crippen molar-refractivity contribution in [2.45, 2.75) is 46.6 Å². The Balaban J connectivity index is 2.00. The molecule has 0 unspecified atom stereocenters. The Labute approximate surface area is 168 Å². The maximum absolute atomic E-state index is 13.0. The van der Waals surface area contributed by atoms with E-state index in [0.717, 1.165) is 39.8 Å². The molecule has 0 atom stereocenters. The first-order valence-electron chi connectivity index (χ1n) is 9.90. The monoisotopic (exact) mass is 392 g/mol. The molecular formula is C23H24N2O4. The van der Waals surface area contributed by atoms with Crippen molar-refractivity contribution in [3.05, 3.63) is 68.4 Å². The molecule has 2 aromatic heterocycles. The van der Waals surface area contributed by atoms with E-state index in [1.54, 1.807) is 33.0 Å². The van der Waals surface area contributed by atoms with Crippen molar-refractivity contribution in [2.24, 2.45) is 0 Å². The standard InChI is InChI=1S/C23H24N2O4/c1-5-29-23(27)20-12-24(17-6-7-17)21-15(4)18(8-9-19(21)22(20)26)16-10-13(2)25(28)14(3)11-16/h8-12,17H,5-7H2,1-4H3. The van der Waals surface area contributed by atoms with Crippen LogP contribution in [0, 0.1) is 26.0 Å². The normalized spacial score (nSPS) is 13.7. The highest BCUT2D eigenvalue weighted by Crippen LogP contribution is 2.39. The van der Waals surface area contributed by atoms with Crippen molar-refractivity contribution in [1.82, 2.24) is 4.57 Å².